The summed E-state index contributed by atoms with van der Waals surface area (Å²) in [6.07, 6.45) is 0. The molecule has 1 rings (SSSR count). The normalized spacial score (nSPS) is 24.0. The number of nitrogens with one attached hydrogen (secondary N) is 1. The fourth-order valence-electron chi connectivity index (χ4n) is 0.497. The van der Waals surface area contributed by atoms with E-state index in [0.717, 1.165) is 25.4 Å². The third-order valence-corrected chi connectivity index (χ3v) is 1.59. The van der Waals surface area contributed by atoms with Gasteiger partial charge in [-0.1, -0.05) is 11.9 Å². The average Bonchev–Trinajstić information content (AvgIpc) is 1.90. The number of hydrogen-bond donors (Lipinski definition) is 1. The molecule has 0 spiro atoms. The van der Waals surface area contributed by atoms with Crippen LogP contribution in [0.4, 0.5) is 0 Å². The van der Waals surface area contributed by atoms with E-state index in [1.807, 2.05) is 0 Å². The van der Waals surface area contributed by atoms with Crippen LogP contribution in [0.25, 0.3) is 0 Å². The summed E-state index contributed by atoms with van der Waals surface area (Å²) < 4.78 is 4.12. The molecular formula is C4H9N2S. The van der Waals surface area contributed by atoms with Gasteiger partial charge in [0.05, 0.1) is 0 Å². The van der Waals surface area contributed by atoms with Crippen LogP contribution in [0, 0.1) is 0 Å². The molecule has 1 N–H and O–H groups in total. The lowest BCUT2D eigenvalue weighted by molar-refractivity contribution is 0.728. The quantitative estimate of drug-likeness (QED) is 0.446. The van der Waals surface area contributed by atoms with Gasteiger partial charge in [-0.25, -0.2) is 0 Å². The van der Waals surface area contributed by atoms with Crippen molar-refractivity contribution in [3.63, 3.8) is 0 Å². The molecule has 0 aliphatic carbocycles. The van der Waals surface area contributed by atoms with Crippen molar-refractivity contribution in [2.45, 2.75) is 0 Å². The van der Waals surface area contributed by atoms with E-state index in [1.54, 1.807) is 11.9 Å². The van der Waals surface area contributed by atoms with Crippen LogP contribution in [0.2, 0.25) is 0 Å². The summed E-state index contributed by atoms with van der Waals surface area (Å²) >= 11 is 1.68. The van der Waals surface area contributed by atoms with E-state index in [-0.39, 0.29) is 0 Å². The lowest BCUT2D eigenvalue weighted by Gasteiger charge is -1.90. The minimum atomic E-state index is 0.977. The van der Waals surface area contributed by atoms with E-state index < -0.39 is 0 Å². The Morgan fingerprint density at radius 1 is 1.43 bits per heavy atom. The predicted octanol–water partition coefficient (Wildman–Crippen LogP) is -0.158. The monoisotopic (exact) mass is 117 g/mol. The first-order chi connectivity index (χ1) is 3.50. The van der Waals surface area contributed by atoms with Crippen molar-refractivity contribution in [1.29, 1.82) is 0 Å². The van der Waals surface area contributed by atoms with E-state index in [1.165, 1.54) is 0 Å². The third kappa shape index (κ3) is 2.16. The van der Waals surface area contributed by atoms with Crippen molar-refractivity contribution in [2.75, 3.05) is 25.4 Å². The second kappa shape index (κ2) is 3.29. The Morgan fingerprint density at radius 2 is 2.43 bits per heavy atom. The second-order valence-electron chi connectivity index (χ2n) is 1.44. The molecule has 7 heavy (non-hydrogen) atoms. The van der Waals surface area contributed by atoms with Gasteiger partial charge in [0.25, 0.3) is 0 Å². The maximum absolute atomic E-state index is 4.12. The highest BCUT2D eigenvalue weighted by Gasteiger charge is 1.94. The Kier molecular flexibility index (Phi) is 2.55. The van der Waals surface area contributed by atoms with E-state index in [9.17, 15) is 0 Å². The zero-order valence-electron chi connectivity index (χ0n) is 4.18. The largest absolute Gasteiger partial charge is 0.314 e. The Hall–Kier alpha value is 0.270. The van der Waals surface area contributed by atoms with E-state index in [4.69, 9.17) is 0 Å². The highest BCUT2D eigenvalue weighted by Crippen LogP contribution is 1.94. The summed E-state index contributed by atoms with van der Waals surface area (Å²) in [6.45, 7) is 3.16. The molecule has 1 fully saturated rings. The number of rotatable bonds is 0. The van der Waals surface area contributed by atoms with Crippen LogP contribution in [0.15, 0.2) is 0 Å². The molecule has 2 nitrogen and oxygen atoms in total. The standard InChI is InChI=1S/C4H9N2S/c1-2-6-7-4-3-5-1/h5H,1-4H2. The van der Waals surface area contributed by atoms with E-state index >= 15 is 0 Å². The molecule has 1 radical (unpaired) electrons. The van der Waals surface area contributed by atoms with Gasteiger partial charge in [0, 0.05) is 25.4 Å². The van der Waals surface area contributed by atoms with E-state index in [2.05, 4.69) is 10.0 Å². The van der Waals surface area contributed by atoms with Gasteiger partial charge in [-0.15, -0.1) is 0 Å². The number of nitrogens with zero attached hydrogens (tertiary/aromatic N) is 1. The van der Waals surface area contributed by atoms with Crippen LogP contribution in [0.3, 0.4) is 0 Å². The highest BCUT2D eigenvalue weighted by molar-refractivity contribution is 7.97. The van der Waals surface area contributed by atoms with Crippen LogP contribution in [0.5, 0.6) is 0 Å². The highest BCUT2D eigenvalue weighted by atomic mass is 32.2. The summed E-state index contributed by atoms with van der Waals surface area (Å²) in [7, 11) is 0. The molecule has 1 aliphatic heterocycles. The molecule has 0 bridgehead atoms. The molecule has 1 saturated heterocycles. The molecule has 0 unspecified atom stereocenters. The minimum Gasteiger partial charge on any atom is -0.314 e. The predicted molar refractivity (Wildman–Crippen MR) is 32.3 cm³/mol. The molecular weight excluding hydrogens is 108 g/mol. The zero-order valence-corrected chi connectivity index (χ0v) is 5.00. The van der Waals surface area contributed by atoms with Crippen LogP contribution >= 0.6 is 11.9 Å². The summed E-state index contributed by atoms with van der Waals surface area (Å²) in [6, 6.07) is 0. The zero-order chi connectivity index (χ0) is 4.95. The first-order valence-corrected chi connectivity index (χ1v) is 3.44. The fourth-order valence-corrected chi connectivity index (χ4v) is 1.08. The first kappa shape index (κ1) is 5.41. The van der Waals surface area contributed by atoms with Gasteiger partial charge in [-0.05, 0) is 0 Å². The topological polar surface area (TPSA) is 26.1 Å². The lowest BCUT2D eigenvalue weighted by Crippen LogP contribution is -2.18. The number of hydrogen-bond acceptors (Lipinski definition) is 2. The van der Waals surface area contributed by atoms with Crippen molar-refractivity contribution < 1.29 is 0 Å². The average molecular weight is 117 g/mol. The van der Waals surface area contributed by atoms with Crippen molar-refractivity contribution in [2.24, 2.45) is 0 Å². The molecule has 0 saturated carbocycles. The molecule has 0 aromatic carbocycles. The minimum absolute atomic E-state index is 0.977. The Bertz CT molecular complexity index is 29.3. The van der Waals surface area contributed by atoms with Gasteiger partial charge in [0.1, 0.15) is 0 Å². The third-order valence-electron chi connectivity index (χ3n) is 0.841. The van der Waals surface area contributed by atoms with Crippen LogP contribution in [0.1, 0.15) is 0 Å². The Labute approximate surface area is 48.2 Å². The van der Waals surface area contributed by atoms with Gasteiger partial charge >= 0.3 is 0 Å². The fraction of sp³-hybridized carbons (Fsp3) is 1.00. The molecule has 1 heterocycles. The lowest BCUT2D eigenvalue weighted by atomic mass is 10.6. The summed E-state index contributed by atoms with van der Waals surface area (Å²) in [5, 5.41) is 3.23. The molecule has 3 heteroatoms. The summed E-state index contributed by atoms with van der Waals surface area (Å²) in [5.41, 5.74) is 0. The maximum atomic E-state index is 4.12. The van der Waals surface area contributed by atoms with Crippen molar-refractivity contribution in [3.8, 4) is 0 Å². The molecule has 0 atom stereocenters. The Balaban J connectivity index is 2.04. The second-order valence-corrected chi connectivity index (χ2v) is 2.36. The van der Waals surface area contributed by atoms with Gasteiger partial charge < -0.3 is 5.32 Å². The van der Waals surface area contributed by atoms with Crippen LogP contribution in [-0.4, -0.2) is 25.4 Å². The van der Waals surface area contributed by atoms with Crippen molar-refractivity contribution in [3.05, 3.63) is 0 Å². The molecule has 1 aliphatic rings. The van der Waals surface area contributed by atoms with E-state index in [0.29, 0.717) is 0 Å². The molecule has 0 aromatic rings. The summed E-state index contributed by atoms with van der Waals surface area (Å²) in [5.74, 6) is 1.14. The van der Waals surface area contributed by atoms with Gasteiger partial charge in [-0.3, -0.25) is 0 Å². The summed E-state index contributed by atoms with van der Waals surface area (Å²) in [4.78, 5) is 0. The molecule has 0 aromatic heterocycles. The van der Waals surface area contributed by atoms with Crippen molar-refractivity contribution in [1.82, 2.24) is 10.0 Å². The molecule has 0 amide bonds. The SMILES string of the molecule is C1CNCCS[N]1. The first-order valence-electron chi connectivity index (χ1n) is 2.49. The van der Waals surface area contributed by atoms with Crippen LogP contribution < -0.4 is 10.0 Å². The smallest absolute Gasteiger partial charge is 0.0381 e. The van der Waals surface area contributed by atoms with Gasteiger partial charge in [-0.2, -0.15) is 4.72 Å². The molecule has 41 valence electrons. The van der Waals surface area contributed by atoms with Crippen molar-refractivity contribution >= 4 is 11.9 Å². The maximum Gasteiger partial charge on any atom is 0.0381 e. The van der Waals surface area contributed by atoms with Gasteiger partial charge in [0.2, 0.25) is 0 Å². The van der Waals surface area contributed by atoms with Gasteiger partial charge in [0.15, 0.2) is 0 Å². The van der Waals surface area contributed by atoms with Crippen LogP contribution in [-0.2, 0) is 0 Å². The Morgan fingerprint density at radius 3 is 3.43 bits per heavy atom.